The fourth-order valence-electron chi connectivity index (χ4n) is 3.51. The van der Waals surface area contributed by atoms with Crippen LogP contribution in [0, 0.1) is 13.8 Å². The summed E-state index contributed by atoms with van der Waals surface area (Å²) in [5, 5.41) is 0. The third-order valence-corrected chi connectivity index (χ3v) is 6.84. The smallest absolute Gasteiger partial charge is 0.244 e. The number of hydrogen-bond acceptors (Lipinski definition) is 3. The lowest BCUT2D eigenvalue weighted by atomic mass is 9.92. The van der Waals surface area contributed by atoms with Crippen molar-refractivity contribution in [1.29, 1.82) is 0 Å². The molecule has 1 N–H and O–H groups in total. The second-order valence-corrected chi connectivity index (χ2v) is 8.85. The highest BCUT2D eigenvalue weighted by molar-refractivity contribution is 7.89. The molecule has 0 spiro atoms. The molecule has 0 heterocycles. The highest BCUT2D eigenvalue weighted by Crippen LogP contribution is 2.32. The van der Waals surface area contributed by atoms with Crippen LogP contribution in [0.25, 0.3) is 0 Å². The lowest BCUT2D eigenvalue weighted by Crippen LogP contribution is -2.27. The van der Waals surface area contributed by atoms with Gasteiger partial charge in [0.1, 0.15) is 10.6 Å². The lowest BCUT2D eigenvalue weighted by molar-refractivity contribution is 0.400. The van der Waals surface area contributed by atoms with Crippen molar-refractivity contribution in [3.05, 3.63) is 58.1 Å². The first-order chi connectivity index (χ1) is 12.3. The maximum absolute atomic E-state index is 13.0. The molecule has 4 nitrogen and oxygen atoms in total. The van der Waals surface area contributed by atoms with Crippen molar-refractivity contribution in [2.24, 2.45) is 0 Å². The van der Waals surface area contributed by atoms with E-state index in [0.717, 1.165) is 42.4 Å². The maximum atomic E-state index is 13.0. The van der Waals surface area contributed by atoms with Gasteiger partial charge in [0.25, 0.3) is 0 Å². The monoisotopic (exact) mass is 373 g/mol. The molecule has 0 bridgehead atoms. The summed E-state index contributed by atoms with van der Waals surface area (Å²) < 4.78 is 34.3. The molecular formula is C21H27NO3S. The zero-order valence-corrected chi connectivity index (χ0v) is 16.7. The van der Waals surface area contributed by atoms with Gasteiger partial charge in [-0.15, -0.1) is 0 Å². The summed E-state index contributed by atoms with van der Waals surface area (Å²) in [6, 6.07) is 9.40. The molecule has 140 valence electrons. The molecule has 1 aliphatic rings. The number of aryl methyl sites for hydroxylation is 4. The summed E-state index contributed by atoms with van der Waals surface area (Å²) >= 11 is 0. The van der Waals surface area contributed by atoms with Crippen molar-refractivity contribution in [3.8, 4) is 5.75 Å². The Kier molecular flexibility index (Phi) is 5.39. The first-order valence-corrected chi connectivity index (χ1v) is 10.6. The van der Waals surface area contributed by atoms with Gasteiger partial charge in [-0.05, 0) is 86.4 Å². The number of ether oxygens (including phenoxy) is 1. The Morgan fingerprint density at radius 2 is 1.65 bits per heavy atom. The molecule has 3 rings (SSSR count). The van der Waals surface area contributed by atoms with E-state index in [1.54, 1.807) is 6.07 Å². The molecule has 2 aromatic rings. The Balaban J connectivity index is 1.93. The van der Waals surface area contributed by atoms with Crippen molar-refractivity contribution in [1.82, 2.24) is 4.72 Å². The molecule has 0 fully saturated rings. The summed E-state index contributed by atoms with van der Waals surface area (Å²) in [5.74, 6) is 0.422. The van der Waals surface area contributed by atoms with Gasteiger partial charge in [-0.2, -0.15) is 0 Å². The predicted molar refractivity (Wildman–Crippen MR) is 104 cm³/mol. The minimum atomic E-state index is -3.68. The molecule has 1 aliphatic carbocycles. The van der Waals surface area contributed by atoms with E-state index in [9.17, 15) is 8.42 Å². The number of fused-ring (bicyclic) bond motifs is 1. The van der Waals surface area contributed by atoms with E-state index in [1.807, 2.05) is 45.0 Å². The van der Waals surface area contributed by atoms with Crippen LogP contribution in [0.4, 0.5) is 0 Å². The topological polar surface area (TPSA) is 55.4 Å². The summed E-state index contributed by atoms with van der Waals surface area (Å²) in [7, 11) is -2.16. The van der Waals surface area contributed by atoms with E-state index >= 15 is 0 Å². The van der Waals surface area contributed by atoms with E-state index in [4.69, 9.17) is 4.74 Å². The molecule has 0 amide bonds. The van der Waals surface area contributed by atoms with Crippen LogP contribution in [0.3, 0.4) is 0 Å². The Morgan fingerprint density at radius 1 is 1.00 bits per heavy atom. The minimum absolute atomic E-state index is 0.233. The molecule has 26 heavy (non-hydrogen) atoms. The van der Waals surface area contributed by atoms with Crippen LogP contribution < -0.4 is 9.46 Å². The van der Waals surface area contributed by atoms with E-state index in [1.165, 1.54) is 18.2 Å². The Labute approximate surface area is 156 Å². The van der Waals surface area contributed by atoms with Gasteiger partial charge in [-0.25, -0.2) is 13.1 Å². The maximum Gasteiger partial charge on any atom is 0.244 e. The van der Waals surface area contributed by atoms with E-state index < -0.39 is 10.0 Å². The SMILES string of the molecule is COc1cc2c(cc1S(=O)(=O)N[C@@H](C)c1ccc(C)c(C)c1)CCCC2. The van der Waals surface area contributed by atoms with Gasteiger partial charge in [-0.3, -0.25) is 0 Å². The quantitative estimate of drug-likeness (QED) is 0.853. The largest absolute Gasteiger partial charge is 0.495 e. The average Bonchev–Trinajstić information content (AvgIpc) is 2.62. The fourth-order valence-corrected chi connectivity index (χ4v) is 4.94. The average molecular weight is 374 g/mol. The number of nitrogens with one attached hydrogen (secondary N) is 1. The zero-order chi connectivity index (χ0) is 18.9. The van der Waals surface area contributed by atoms with E-state index in [2.05, 4.69) is 4.72 Å². The van der Waals surface area contributed by atoms with E-state index in [0.29, 0.717) is 5.75 Å². The van der Waals surface area contributed by atoms with Crippen molar-refractivity contribution in [2.45, 2.75) is 57.4 Å². The molecule has 2 aromatic carbocycles. The summed E-state index contributed by atoms with van der Waals surface area (Å²) in [6.45, 7) is 5.95. The predicted octanol–water partition coefficient (Wildman–Crippen LogP) is 4.23. The summed E-state index contributed by atoms with van der Waals surface area (Å²) in [5.41, 5.74) is 5.62. The number of hydrogen-bond donors (Lipinski definition) is 1. The molecule has 0 unspecified atom stereocenters. The Bertz CT molecular complexity index is 919. The van der Waals surface area contributed by atoms with Gasteiger partial charge in [-0.1, -0.05) is 18.2 Å². The van der Waals surface area contributed by atoms with Gasteiger partial charge >= 0.3 is 0 Å². The van der Waals surface area contributed by atoms with Crippen LogP contribution in [-0.4, -0.2) is 15.5 Å². The molecule has 0 saturated heterocycles. The minimum Gasteiger partial charge on any atom is -0.495 e. The standard InChI is InChI=1S/C21H27NO3S/c1-14-9-10-17(11-15(14)2)16(3)22-26(23,24)21-13-19-8-6-5-7-18(19)12-20(21)25-4/h9-13,16,22H,5-8H2,1-4H3/t16-/m0/s1. The second-order valence-electron chi connectivity index (χ2n) is 7.17. The number of sulfonamides is 1. The van der Waals surface area contributed by atoms with Crippen molar-refractivity contribution in [3.63, 3.8) is 0 Å². The first-order valence-electron chi connectivity index (χ1n) is 9.11. The van der Waals surface area contributed by atoms with E-state index in [-0.39, 0.29) is 10.9 Å². The molecule has 0 aromatic heterocycles. The van der Waals surface area contributed by atoms with Gasteiger partial charge in [0.05, 0.1) is 7.11 Å². The molecule has 0 radical (unpaired) electrons. The molecule has 5 heteroatoms. The molecule has 0 saturated carbocycles. The number of benzene rings is 2. The van der Waals surface area contributed by atoms with Gasteiger partial charge < -0.3 is 4.74 Å². The third kappa shape index (κ3) is 3.79. The lowest BCUT2D eigenvalue weighted by Gasteiger charge is -2.21. The normalized spacial score (nSPS) is 15.4. The zero-order valence-electron chi connectivity index (χ0n) is 15.9. The molecular weight excluding hydrogens is 346 g/mol. The summed E-state index contributed by atoms with van der Waals surface area (Å²) in [4.78, 5) is 0.233. The van der Waals surface area contributed by atoms with Crippen molar-refractivity contribution in [2.75, 3.05) is 7.11 Å². The second kappa shape index (κ2) is 7.41. The van der Waals surface area contributed by atoms with Crippen molar-refractivity contribution >= 4 is 10.0 Å². The van der Waals surface area contributed by atoms with Crippen LogP contribution in [0.15, 0.2) is 35.2 Å². The van der Waals surface area contributed by atoms with Gasteiger partial charge in [0.2, 0.25) is 10.0 Å². The fraction of sp³-hybridized carbons (Fsp3) is 0.429. The van der Waals surface area contributed by atoms with Crippen LogP contribution in [-0.2, 0) is 22.9 Å². The van der Waals surface area contributed by atoms with Gasteiger partial charge in [0, 0.05) is 6.04 Å². The number of methoxy groups -OCH3 is 1. The number of rotatable bonds is 5. The van der Waals surface area contributed by atoms with Crippen LogP contribution in [0.2, 0.25) is 0 Å². The first kappa shape index (κ1) is 18.9. The van der Waals surface area contributed by atoms with Crippen LogP contribution >= 0.6 is 0 Å². The van der Waals surface area contributed by atoms with Crippen LogP contribution in [0.1, 0.15) is 53.6 Å². The highest BCUT2D eigenvalue weighted by atomic mass is 32.2. The third-order valence-electron chi connectivity index (χ3n) is 5.28. The highest BCUT2D eigenvalue weighted by Gasteiger charge is 2.25. The Morgan fingerprint density at radius 3 is 2.27 bits per heavy atom. The molecule has 0 aliphatic heterocycles. The Hall–Kier alpha value is -1.85. The van der Waals surface area contributed by atoms with Crippen molar-refractivity contribution < 1.29 is 13.2 Å². The van der Waals surface area contributed by atoms with Crippen LogP contribution in [0.5, 0.6) is 5.75 Å². The van der Waals surface area contributed by atoms with Gasteiger partial charge in [0.15, 0.2) is 0 Å². The summed E-state index contributed by atoms with van der Waals surface area (Å²) in [6.07, 6.45) is 4.16. The molecule has 1 atom stereocenters.